The van der Waals surface area contributed by atoms with Crippen LogP contribution in [0.5, 0.6) is 0 Å². The van der Waals surface area contributed by atoms with Gasteiger partial charge in [0, 0.05) is 25.2 Å². The fraction of sp³-hybridized carbons (Fsp3) is 0.533. The number of H-pyrrole nitrogens is 1. The van der Waals surface area contributed by atoms with Crippen LogP contribution in [0.15, 0.2) is 22.8 Å². The number of nitrogens with zero attached hydrogens (tertiary/aromatic N) is 1. The lowest BCUT2D eigenvalue weighted by atomic mass is 10.1. The average Bonchev–Trinajstić information content (AvgIpc) is 2.85. The van der Waals surface area contributed by atoms with Crippen molar-refractivity contribution in [2.75, 3.05) is 13.1 Å². The molecule has 4 heteroatoms. The van der Waals surface area contributed by atoms with Crippen molar-refractivity contribution in [1.82, 2.24) is 9.88 Å². The lowest BCUT2D eigenvalue weighted by Gasteiger charge is -2.25. The number of carbonyl (C=O) groups excluding carboxylic acids is 1. The average molecular weight is 262 g/mol. The van der Waals surface area contributed by atoms with E-state index in [0.717, 1.165) is 24.2 Å². The molecule has 0 bridgehead atoms. The molecule has 4 nitrogen and oxygen atoms in total. The van der Waals surface area contributed by atoms with Crippen molar-refractivity contribution < 1.29 is 9.21 Å². The van der Waals surface area contributed by atoms with Gasteiger partial charge in [0.2, 0.25) is 0 Å². The SMILES string of the molecule is CC(C)CN(CC(C)C)C(=O)c1cc2occc2[nH]1. The van der Waals surface area contributed by atoms with Crippen LogP contribution in [-0.4, -0.2) is 28.9 Å². The molecule has 0 aliphatic rings. The Morgan fingerprint density at radius 1 is 1.26 bits per heavy atom. The minimum atomic E-state index is 0.0498. The van der Waals surface area contributed by atoms with Gasteiger partial charge in [-0.3, -0.25) is 4.79 Å². The summed E-state index contributed by atoms with van der Waals surface area (Å²) >= 11 is 0. The Hall–Kier alpha value is -1.71. The maximum Gasteiger partial charge on any atom is 0.270 e. The summed E-state index contributed by atoms with van der Waals surface area (Å²) < 4.78 is 5.29. The standard InChI is InChI=1S/C15H22N2O2/c1-10(2)8-17(9-11(3)4)15(18)13-7-14-12(16-13)5-6-19-14/h5-7,10-11,16H,8-9H2,1-4H3. The number of amides is 1. The Kier molecular flexibility index (Phi) is 3.98. The minimum Gasteiger partial charge on any atom is -0.463 e. The zero-order valence-corrected chi connectivity index (χ0v) is 12.1. The van der Waals surface area contributed by atoms with Crippen molar-refractivity contribution in [2.24, 2.45) is 11.8 Å². The Balaban J connectivity index is 2.20. The van der Waals surface area contributed by atoms with Crippen LogP contribution in [0.25, 0.3) is 11.1 Å². The van der Waals surface area contributed by atoms with Gasteiger partial charge in [0.1, 0.15) is 5.69 Å². The topological polar surface area (TPSA) is 49.2 Å². The summed E-state index contributed by atoms with van der Waals surface area (Å²) in [6.07, 6.45) is 1.62. The van der Waals surface area contributed by atoms with E-state index in [4.69, 9.17) is 4.42 Å². The van der Waals surface area contributed by atoms with Crippen molar-refractivity contribution in [3.8, 4) is 0 Å². The van der Waals surface area contributed by atoms with Crippen LogP contribution < -0.4 is 0 Å². The summed E-state index contributed by atoms with van der Waals surface area (Å²) in [5, 5.41) is 0. The minimum absolute atomic E-state index is 0.0498. The maximum atomic E-state index is 12.5. The van der Waals surface area contributed by atoms with Crippen LogP contribution >= 0.6 is 0 Å². The Labute approximate surface area is 113 Å². The number of hydrogen-bond acceptors (Lipinski definition) is 2. The molecule has 0 fully saturated rings. The third-order valence-corrected chi connectivity index (χ3v) is 2.93. The first-order chi connectivity index (χ1) is 8.97. The molecule has 0 aliphatic heterocycles. The molecule has 0 aliphatic carbocycles. The van der Waals surface area contributed by atoms with Gasteiger partial charge in [-0.05, 0) is 11.8 Å². The van der Waals surface area contributed by atoms with E-state index >= 15 is 0 Å². The van der Waals surface area contributed by atoms with Crippen LogP contribution in [0, 0.1) is 11.8 Å². The first-order valence-electron chi connectivity index (χ1n) is 6.83. The van der Waals surface area contributed by atoms with E-state index in [1.807, 2.05) is 11.0 Å². The van der Waals surface area contributed by atoms with Gasteiger partial charge in [-0.2, -0.15) is 0 Å². The zero-order valence-electron chi connectivity index (χ0n) is 12.1. The van der Waals surface area contributed by atoms with E-state index < -0.39 is 0 Å². The van der Waals surface area contributed by atoms with E-state index in [9.17, 15) is 4.79 Å². The van der Waals surface area contributed by atoms with E-state index in [2.05, 4.69) is 32.7 Å². The van der Waals surface area contributed by atoms with Gasteiger partial charge in [-0.25, -0.2) is 0 Å². The second kappa shape index (κ2) is 5.51. The highest BCUT2D eigenvalue weighted by molar-refractivity contribution is 5.96. The summed E-state index contributed by atoms with van der Waals surface area (Å²) in [6.45, 7) is 10.1. The van der Waals surface area contributed by atoms with Crippen LogP contribution in [0.1, 0.15) is 38.2 Å². The van der Waals surface area contributed by atoms with Crippen LogP contribution in [0.2, 0.25) is 0 Å². The largest absolute Gasteiger partial charge is 0.463 e. The number of rotatable bonds is 5. The Morgan fingerprint density at radius 2 is 1.89 bits per heavy atom. The Bertz CT molecular complexity index is 513. The molecule has 0 unspecified atom stereocenters. The van der Waals surface area contributed by atoms with Gasteiger partial charge < -0.3 is 14.3 Å². The third kappa shape index (κ3) is 3.19. The van der Waals surface area contributed by atoms with E-state index in [1.165, 1.54) is 0 Å². The van der Waals surface area contributed by atoms with Crippen molar-refractivity contribution in [3.05, 3.63) is 24.1 Å². The summed E-state index contributed by atoms with van der Waals surface area (Å²) in [5.74, 6) is 0.968. The van der Waals surface area contributed by atoms with Gasteiger partial charge in [0.15, 0.2) is 5.58 Å². The lowest BCUT2D eigenvalue weighted by Crippen LogP contribution is -2.37. The van der Waals surface area contributed by atoms with Gasteiger partial charge >= 0.3 is 0 Å². The van der Waals surface area contributed by atoms with Crippen LogP contribution in [0.3, 0.4) is 0 Å². The fourth-order valence-corrected chi connectivity index (χ4v) is 2.26. The molecular formula is C15H22N2O2. The molecule has 1 N–H and O–H groups in total. The van der Waals surface area contributed by atoms with Gasteiger partial charge in [0.05, 0.1) is 11.8 Å². The quantitative estimate of drug-likeness (QED) is 0.896. The smallest absolute Gasteiger partial charge is 0.270 e. The lowest BCUT2D eigenvalue weighted by molar-refractivity contribution is 0.0710. The number of aromatic nitrogens is 1. The molecule has 0 saturated heterocycles. The highest BCUT2D eigenvalue weighted by Crippen LogP contribution is 2.18. The molecule has 104 valence electrons. The van der Waals surface area contributed by atoms with Crippen molar-refractivity contribution in [2.45, 2.75) is 27.7 Å². The van der Waals surface area contributed by atoms with Gasteiger partial charge in [-0.15, -0.1) is 0 Å². The highest BCUT2D eigenvalue weighted by atomic mass is 16.3. The second-order valence-corrected chi connectivity index (χ2v) is 5.88. The van der Waals surface area contributed by atoms with Crippen molar-refractivity contribution in [1.29, 1.82) is 0 Å². The Morgan fingerprint density at radius 3 is 2.42 bits per heavy atom. The summed E-state index contributed by atoms with van der Waals surface area (Å²) in [7, 11) is 0. The molecule has 2 heterocycles. The molecule has 0 saturated carbocycles. The molecule has 2 aromatic rings. The molecule has 0 atom stereocenters. The first-order valence-corrected chi connectivity index (χ1v) is 6.83. The predicted molar refractivity (Wildman–Crippen MR) is 76.1 cm³/mol. The summed E-state index contributed by atoms with van der Waals surface area (Å²) in [4.78, 5) is 17.6. The highest BCUT2D eigenvalue weighted by Gasteiger charge is 2.20. The maximum absolute atomic E-state index is 12.5. The van der Waals surface area contributed by atoms with Gasteiger partial charge in [0.25, 0.3) is 5.91 Å². The normalized spacial score (nSPS) is 11.7. The van der Waals surface area contributed by atoms with Crippen molar-refractivity contribution in [3.63, 3.8) is 0 Å². The molecule has 2 aromatic heterocycles. The van der Waals surface area contributed by atoms with Crippen LogP contribution in [0.4, 0.5) is 0 Å². The summed E-state index contributed by atoms with van der Waals surface area (Å²) in [6, 6.07) is 3.62. The number of fused-ring (bicyclic) bond motifs is 1. The monoisotopic (exact) mass is 262 g/mol. The zero-order chi connectivity index (χ0) is 14.0. The molecule has 2 rings (SSSR count). The molecule has 1 amide bonds. The summed E-state index contributed by atoms with van der Waals surface area (Å²) in [5.41, 5.74) is 2.21. The van der Waals surface area contributed by atoms with E-state index in [1.54, 1.807) is 12.3 Å². The number of nitrogens with one attached hydrogen (secondary N) is 1. The molecule has 0 spiro atoms. The number of aromatic amines is 1. The van der Waals surface area contributed by atoms with Crippen molar-refractivity contribution >= 4 is 17.0 Å². The third-order valence-electron chi connectivity index (χ3n) is 2.93. The van der Waals surface area contributed by atoms with E-state index in [-0.39, 0.29) is 5.91 Å². The second-order valence-electron chi connectivity index (χ2n) is 5.88. The van der Waals surface area contributed by atoms with Crippen LogP contribution in [-0.2, 0) is 0 Å². The number of furan rings is 1. The van der Waals surface area contributed by atoms with E-state index in [0.29, 0.717) is 17.5 Å². The first kappa shape index (κ1) is 13.7. The number of hydrogen-bond donors (Lipinski definition) is 1. The molecule has 0 radical (unpaired) electrons. The molecule has 19 heavy (non-hydrogen) atoms. The predicted octanol–water partition coefficient (Wildman–Crippen LogP) is 3.52. The number of carbonyl (C=O) groups is 1. The molecule has 0 aromatic carbocycles. The fourth-order valence-electron chi connectivity index (χ4n) is 2.26. The van der Waals surface area contributed by atoms with Gasteiger partial charge in [-0.1, -0.05) is 27.7 Å². The molecular weight excluding hydrogens is 240 g/mol.